The largest absolute Gasteiger partial charge is 0.120 e. The Morgan fingerprint density at radius 3 is 1.77 bits per heavy atom. The lowest BCUT2D eigenvalue weighted by atomic mass is 9.60. The van der Waals surface area contributed by atoms with Crippen molar-refractivity contribution in [2.24, 2.45) is 17.3 Å². The maximum Gasteiger partial charge on any atom is 0.0788 e. The number of alkyl halides is 2. The zero-order chi connectivity index (χ0) is 17.3. The molecule has 0 bridgehead atoms. The van der Waals surface area contributed by atoms with Crippen LogP contribution >= 0.6 is 40.4 Å². The van der Waals surface area contributed by atoms with Gasteiger partial charge in [0.1, 0.15) is 0 Å². The predicted octanol–water partition coefficient (Wildman–Crippen LogP) is 7.16. The molecule has 0 aromatic carbocycles. The Morgan fingerprint density at radius 1 is 0.909 bits per heavy atom. The van der Waals surface area contributed by atoms with Crippen molar-refractivity contribution in [3.05, 3.63) is 0 Å². The van der Waals surface area contributed by atoms with Gasteiger partial charge in [-0.25, -0.2) is 0 Å². The number of rotatable bonds is 6. The smallest absolute Gasteiger partial charge is 0.0788 e. The molecule has 0 heterocycles. The highest BCUT2D eigenvalue weighted by atomic mass is 35.5. The predicted molar refractivity (Wildman–Crippen MR) is 110 cm³/mol. The fourth-order valence-electron chi connectivity index (χ4n) is 4.21. The molecule has 1 rings (SSSR count). The van der Waals surface area contributed by atoms with Gasteiger partial charge in [0, 0.05) is 0 Å². The zero-order valence-electron chi connectivity index (χ0n) is 15.6. The summed E-state index contributed by atoms with van der Waals surface area (Å²) in [5.41, 5.74) is 2.24. The van der Waals surface area contributed by atoms with Gasteiger partial charge in [0.25, 0.3) is 0 Å². The van der Waals surface area contributed by atoms with Crippen LogP contribution in [0.25, 0.3) is 0 Å². The second-order valence-corrected chi connectivity index (χ2v) is 14.4. The Kier molecular flexibility index (Phi) is 8.02. The van der Waals surface area contributed by atoms with Crippen LogP contribution in [0.5, 0.6) is 0 Å². The van der Waals surface area contributed by atoms with E-state index in [9.17, 15) is 0 Å². The van der Waals surface area contributed by atoms with Gasteiger partial charge in [0.2, 0.25) is 0 Å². The Morgan fingerprint density at radius 2 is 1.41 bits per heavy atom. The van der Waals surface area contributed by atoms with Crippen molar-refractivity contribution in [3.8, 4) is 0 Å². The van der Waals surface area contributed by atoms with Crippen LogP contribution in [-0.2, 0) is 0 Å². The quantitative estimate of drug-likeness (QED) is 0.336. The first-order valence-corrected chi connectivity index (χ1v) is 11.9. The monoisotopic (exact) mass is 384 g/mol. The summed E-state index contributed by atoms with van der Waals surface area (Å²) in [5.74, 6) is 1.32. The lowest BCUT2D eigenvalue weighted by molar-refractivity contribution is 0.0586. The molecular formula is C18H36Cl2P2. The Balaban J connectivity index is 3.22. The molecule has 4 heteroatoms. The maximum atomic E-state index is 7.26. The van der Waals surface area contributed by atoms with Crippen LogP contribution in [0.15, 0.2) is 0 Å². The van der Waals surface area contributed by atoms with Gasteiger partial charge in [0.15, 0.2) is 0 Å². The van der Waals surface area contributed by atoms with Gasteiger partial charge in [-0.3, -0.25) is 0 Å². The minimum atomic E-state index is -0.213. The number of hydrogen-bond donors (Lipinski definition) is 0. The molecule has 0 aromatic rings. The van der Waals surface area contributed by atoms with Crippen molar-refractivity contribution in [2.75, 3.05) is 0 Å². The first-order chi connectivity index (χ1) is 9.94. The van der Waals surface area contributed by atoms with Crippen LogP contribution in [0.2, 0.25) is 0 Å². The van der Waals surface area contributed by atoms with E-state index >= 15 is 0 Å². The van der Waals surface area contributed by atoms with Crippen molar-refractivity contribution in [2.45, 2.75) is 95.2 Å². The second-order valence-electron chi connectivity index (χ2n) is 8.41. The van der Waals surface area contributed by atoms with E-state index < -0.39 is 0 Å². The Labute approximate surface area is 152 Å². The molecule has 132 valence electrons. The normalized spacial score (nSPS) is 33.5. The molecule has 1 aliphatic carbocycles. The average molecular weight is 385 g/mol. The highest BCUT2D eigenvalue weighted by Crippen LogP contribution is 2.63. The maximum absolute atomic E-state index is 7.26. The topological polar surface area (TPSA) is 0 Å². The van der Waals surface area contributed by atoms with Crippen LogP contribution in [0.1, 0.15) is 68.2 Å². The lowest BCUT2D eigenvalue weighted by Gasteiger charge is -2.56. The van der Waals surface area contributed by atoms with E-state index in [4.69, 9.17) is 23.2 Å². The molecule has 0 aromatic heterocycles. The molecule has 1 aliphatic rings. The van der Waals surface area contributed by atoms with Gasteiger partial charge >= 0.3 is 0 Å². The van der Waals surface area contributed by atoms with Gasteiger partial charge in [-0.2, -0.15) is 0 Å². The second kappa shape index (κ2) is 8.21. The third-order valence-electron chi connectivity index (χ3n) is 5.35. The highest BCUT2D eigenvalue weighted by molar-refractivity contribution is 7.44. The summed E-state index contributed by atoms with van der Waals surface area (Å²) in [4.78, 5) is 0. The summed E-state index contributed by atoms with van der Waals surface area (Å²) >= 11 is 14.3. The summed E-state index contributed by atoms with van der Waals surface area (Å²) in [5, 5.41) is 0.126. The molecule has 0 aliphatic heterocycles. The van der Waals surface area contributed by atoms with Crippen LogP contribution < -0.4 is 0 Å². The fraction of sp³-hybridized carbons (Fsp3) is 1.00. The van der Waals surface area contributed by atoms with Gasteiger partial charge in [0.05, 0.1) is 9.99 Å². The molecule has 1 fully saturated rings. The average Bonchev–Trinajstić information content (AvgIpc) is 2.32. The van der Waals surface area contributed by atoms with Crippen molar-refractivity contribution in [1.29, 1.82) is 0 Å². The third kappa shape index (κ3) is 4.75. The van der Waals surface area contributed by atoms with Gasteiger partial charge in [-0.05, 0) is 47.1 Å². The van der Waals surface area contributed by atoms with E-state index in [1.165, 1.54) is 6.42 Å². The van der Waals surface area contributed by atoms with Gasteiger partial charge in [-0.15, -0.1) is 31.8 Å². The standard InChI is InChI=1S/C18H36Cl2P2/c1-11(2)17(12(3)4)9-15(21-13(5)6)16(19)18(20,10-17)22-14(7)8/h11-16,21-22H,9-10H2,1-8H3. The minimum absolute atomic E-state index is 0.126. The zero-order valence-corrected chi connectivity index (χ0v) is 19.1. The molecule has 0 saturated heterocycles. The summed E-state index contributed by atoms with van der Waals surface area (Å²) in [7, 11) is 1.67. The van der Waals surface area contributed by atoms with Crippen molar-refractivity contribution >= 4 is 40.4 Å². The molecule has 0 nitrogen and oxygen atoms in total. The van der Waals surface area contributed by atoms with Crippen molar-refractivity contribution in [3.63, 3.8) is 0 Å². The van der Waals surface area contributed by atoms with E-state index in [2.05, 4.69) is 55.4 Å². The summed E-state index contributed by atoms with van der Waals surface area (Å²) in [6, 6.07) is 0. The van der Waals surface area contributed by atoms with Crippen LogP contribution in [0.3, 0.4) is 0 Å². The summed E-state index contributed by atoms with van der Waals surface area (Å²) in [6.07, 6.45) is 2.34. The Bertz CT molecular complexity index is 347. The molecule has 22 heavy (non-hydrogen) atoms. The summed E-state index contributed by atoms with van der Waals surface area (Å²) in [6.45, 7) is 18.8. The SMILES string of the molecule is CC(C)PC1CC(C(C)C)(C(C)C)CC(Cl)(PC(C)C)C1Cl. The molecule has 1 saturated carbocycles. The Hall–Kier alpha value is 1.44. The van der Waals surface area contributed by atoms with Crippen molar-refractivity contribution < 1.29 is 0 Å². The van der Waals surface area contributed by atoms with E-state index in [0.29, 0.717) is 34.2 Å². The minimum Gasteiger partial charge on any atom is -0.120 e. The first-order valence-electron chi connectivity index (χ1n) is 8.81. The molecule has 5 atom stereocenters. The molecule has 0 radical (unpaired) electrons. The van der Waals surface area contributed by atoms with Crippen LogP contribution in [-0.4, -0.2) is 27.0 Å². The van der Waals surface area contributed by atoms with Crippen LogP contribution in [0.4, 0.5) is 0 Å². The van der Waals surface area contributed by atoms with Gasteiger partial charge < -0.3 is 0 Å². The number of hydrogen-bond acceptors (Lipinski definition) is 0. The summed E-state index contributed by atoms with van der Waals surface area (Å²) < 4.78 is -0.213. The van der Waals surface area contributed by atoms with Crippen LogP contribution in [0, 0.1) is 17.3 Å². The third-order valence-corrected chi connectivity index (χ3v) is 10.4. The van der Waals surface area contributed by atoms with E-state index in [0.717, 1.165) is 23.6 Å². The highest BCUT2D eigenvalue weighted by Gasteiger charge is 2.55. The van der Waals surface area contributed by atoms with Gasteiger partial charge in [-0.1, -0.05) is 64.0 Å². The molecule has 0 amide bonds. The molecular weight excluding hydrogens is 349 g/mol. The lowest BCUT2D eigenvalue weighted by Crippen LogP contribution is -2.53. The molecule has 0 N–H and O–H groups in total. The molecule has 5 unspecified atom stereocenters. The van der Waals surface area contributed by atoms with E-state index in [1.54, 1.807) is 0 Å². The van der Waals surface area contributed by atoms with Crippen molar-refractivity contribution in [1.82, 2.24) is 0 Å². The molecule has 0 spiro atoms. The van der Waals surface area contributed by atoms with E-state index in [1.807, 2.05) is 0 Å². The first kappa shape index (κ1) is 21.5. The fourth-order valence-corrected chi connectivity index (χ4v) is 9.67. The number of halogens is 2. The van der Waals surface area contributed by atoms with E-state index in [-0.39, 0.29) is 9.99 Å².